The maximum Gasteiger partial charge on any atom is 0.270 e. The van der Waals surface area contributed by atoms with Gasteiger partial charge in [0.2, 0.25) is 0 Å². The summed E-state index contributed by atoms with van der Waals surface area (Å²) >= 11 is 0. The van der Waals surface area contributed by atoms with Gasteiger partial charge in [0.25, 0.3) is 5.69 Å². The van der Waals surface area contributed by atoms with Gasteiger partial charge in [-0.2, -0.15) is 0 Å². The van der Waals surface area contributed by atoms with E-state index in [9.17, 15) is 18.5 Å². The Morgan fingerprint density at radius 2 is 2.13 bits per heavy atom. The van der Waals surface area contributed by atoms with E-state index in [0.29, 0.717) is 18.3 Å². The number of non-ortho nitro benzene ring substituents is 1. The molecule has 8 heteroatoms. The number of nitro groups is 1. The summed E-state index contributed by atoms with van der Waals surface area (Å²) in [4.78, 5) is 12.6. The fraction of sp³-hybridized carbons (Fsp3) is 0.600. The smallest absolute Gasteiger partial charge is 0.270 e. The van der Waals surface area contributed by atoms with Crippen molar-refractivity contribution in [3.05, 3.63) is 28.3 Å². The summed E-state index contributed by atoms with van der Waals surface area (Å²) in [6.07, 6.45) is 4.50. The lowest BCUT2D eigenvalue weighted by Crippen LogP contribution is -2.43. The minimum absolute atomic E-state index is 0.0226. The second kappa shape index (κ2) is 7.27. The van der Waals surface area contributed by atoms with E-state index >= 15 is 0 Å². The van der Waals surface area contributed by atoms with Crippen LogP contribution in [-0.2, 0) is 9.84 Å². The number of nitrogens with one attached hydrogen (secondary N) is 1. The molecule has 0 aliphatic carbocycles. The monoisotopic (exact) mass is 341 g/mol. The van der Waals surface area contributed by atoms with E-state index in [-0.39, 0.29) is 10.6 Å². The molecule has 128 valence electrons. The van der Waals surface area contributed by atoms with Gasteiger partial charge in [-0.1, -0.05) is 13.3 Å². The second-order valence-electron chi connectivity index (χ2n) is 5.87. The highest BCUT2D eigenvalue weighted by Gasteiger charge is 2.23. The Morgan fingerprint density at radius 1 is 1.39 bits per heavy atom. The van der Waals surface area contributed by atoms with Crippen molar-refractivity contribution in [2.45, 2.75) is 37.1 Å². The number of benzene rings is 1. The summed E-state index contributed by atoms with van der Waals surface area (Å²) < 4.78 is 23.9. The van der Waals surface area contributed by atoms with E-state index in [2.05, 4.69) is 17.1 Å². The SMILES string of the molecule is CCN1CCCC[C@H]1CNc1ccc([N+](=O)[O-])cc1S(C)(=O)=O. The van der Waals surface area contributed by atoms with Gasteiger partial charge in [-0.15, -0.1) is 0 Å². The average molecular weight is 341 g/mol. The van der Waals surface area contributed by atoms with Gasteiger partial charge in [0.1, 0.15) is 0 Å². The molecule has 1 aromatic carbocycles. The summed E-state index contributed by atoms with van der Waals surface area (Å²) in [5.74, 6) is 0. The first-order valence-electron chi connectivity index (χ1n) is 7.79. The van der Waals surface area contributed by atoms with Crippen LogP contribution in [0.1, 0.15) is 26.2 Å². The van der Waals surface area contributed by atoms with E-state index in [4.69, 9.17) is 0 Å². The first-order chi connectivity index (χ1) is 10.8. The molecule has 1 saturated heterocycles. The van der Waals surface area contributed by atoms with Gasteiger partial charge in [-0.3, -0.25) is 15.0 Å². The maximum absolute atomic E-state index is 11.9. The standard InChI is InChI=1S/C15H23N3O4S/c1-3-17-9-5-4-6-13(17)11-16-14-8-7-12(18(19)20)10-15(14)23(2,21)22/h7-8,10,13,16H,3-6,9,11H2,1-2H3/t13-/m0/s1. The van der Waals surface area contributed by atoms with Crippen LogP contribution in [0.25, 0.3) is 0 Å². The largest absolute Gasteiger partial charge is 0.382 e. The van der Waals surface area contributed by atoms with Crippen molar-refractivity contribution < 1.29 is 13.3 Å². The van der Waals surface area contributed by atoms with Crippen LogP contribution in [0.5, 0.6) is 0 Å². The Balaban J connectivity index is 2.20. The third-order valence-electron chi connectivity index (χ3n) is 4.26. The summed E-state index contributed by atoms with van der Waals surface area (Å²) in [5, 5.41) is 14.0. The van der Waals surface area contributed by atoms with Crippen molar-refractivity contribution in [2.75, 3.05) is 31.2 Å². The number of hydrogen-bond acceptors (Lipinski definition) is 6. The number of likely N-dealkylation sites (N-methyl/N-ethyl adjacent to an activating group) is 1. The third kappa shape index (κ3) is 4.42. The van der Waals surface area contributed by atoms with E-state index in [0.717, 1.165) is 31.8 Å². The first kappa shape index (κ1) is 17.7. The number of nitrogens with zero attached hydrogens (tertiary/aromatic N) is 2. The van der Waals surface area contributed by atoms with E-state index in [1.807, 2.05) is 0 Å². The minimum Gasteiger partial charge on any atom is -0.382 e. The number of anilines is 1. The van der Waals surface area contributed by atoms with E-state index in [1.165, 1.54) is 25.0 Å². The zero-order valence-corrected chi connectivity index (χ0v) is 14.3. The van der Waals surface area contributed by atoms with Crippen LogP contribution in [0.4, 0.5) is 11.4 Å². The summed E-state index contributed by atoms with van der Waals surface area (Å²) in [6.45, 7) is 4.77. The molecule has 0 radical (unpaired) electrons. The first-order valence-corrected chi connectivity index (χ1v) is 9.68. The molecule has 1 fully saturated rings. The summed E-state index contributed by atoms with van der Waals surface area (Å²) in [7, 11) is -3.54. The third-order valence-corrected chi connectivity index (χ3v) is 5.40. The normalized spacial score (nSPS) is 19.5. The Labute approximate surface area is 136 Å². The average Bonchev–Trinajstić information content (AvgIpc) is 2.52. The van der Waals surface area contributed by atoms with Crippen LogP contribution < -0.4 is 5.32 Å². The molecule has 1 N–H and O–H groups in total. The fourth-order valence-electron chi connectivity index (χ4n) is 3.01. The van der Waals surface area contributed by atoms with Crippen LogP contribution in [0, 0.1) is 10.1 Å². The number of hydrogen-bond donors (Lipinski definition) is 1. The number of sulfone groups is 1. The van der Waals surface area contributed by atoms with Crippen LogP contribution >= 0.6 is 0 Å². The maximum atomic E-state index is 11.9. The second-order valence-corrected chi connectivity index (χ2v) is 7.85. The molecule has 1 heterocycles. The minimum atomic E-state index is -3.54. The van der Waals surface area contributed by atoms with Crippen LogP contribution in [0.3, 0.4) is 0 Å². The highest BCUT2D eigenvalue weighted by atomic mass is 32.2. The quantitative estimate of drug-likeness (QED) is 0.630. The van der Waals surface area contributed by atoms with Crippen LogP contribution in [0.15, 0.2) is 23.1 Å². The molecule has 0 unspecified atom stereocenters. The molecule has 1 aromatic rings. The van der Waals surface area contributed by atoms with Crippen molar-refractivity contribution in [3.63, 3.8) is 0 Å². The topological polar surface area (TPSA) is 92.5 Å². The van der Waals surface area contributed by atoms with Crippen molar-refractivity contribution in [2.24, 2.45) is 0 Å². The van der Waals surface area contributed by atoms with Crippen molar-refractivity contribution in [1.29, 1.82) is 0 Å². The Bertz CT molecular complexity index is 675. The zero-order chi connectivity index (χ0) is 17.0. The van der Waals surface area contributed by atoms with Crippen LogP contribution in [0.2, 0.25) is 0 Å². The number of likely N-dealkylation sites (tertiary alicyclic amines) is 1. The molecule has 0 spiro atoms. The molecule has 2 rings (SSSR count). The molecule has 1 aliphatic heterocycles. The Hall–Kier alpha value is -1.67. The van der Waals surface area contributed by atoms with Gasteiger partial charge in [0.05, 0.1) is 15.5 Å². The van der Waals surface area contributed by atoms with Gasteiger partial charge < -0.3 is 5.32 Å². The Kier molecular flexibility index (Phi) is 5.59. The van der Waals surface area contributed by atoms with Gasteiger partial charge in [-0.05, 0) is 32.0 Å². The molecular formula is C15H23N3O4S. The molecule has 1 atom stereocenters. The van der Waals surface area contributed by atoms with Gasteiger partial charge in [-0.25, -0.2) is 8.42 Å². The number of piperidine rings is 1. The number of rotatable bonds is 6. The van der Waals surface area contributed by atoms with E-state index < -0.39 is 14.8 Å². The fourth-order valence-corrected chi connectivity index (χ4v) is 3.89. The highest BCUT2D eigenvalue weighted by Crippen LogP contribution is 2.27. The van der Waals surface area contributed by atoms with Crippen molar-refractivity contribution >= 4 is 21.2 Å². The van der Waals surface area contributed by atoms with Crippen molar-refractivity contribution in [3.8, 4) is 0 Å². The zero-order valence-electron chi connectivity index (χ0n) is 13.5. The molecule has 0 bridgehead atoms. The molecule has 0 aromatic heterocycles. The highest BCUT2D eigenvalue weighted by molar-refractivity contribution is 7.90. The summed E-state index contributed by atoms with van der Waals surface area (Å²) in [5.41, 5.74) is 0.212. The molecule has 23 heavy (non-hydrogen) atoms. The summed E-state index contributed by atoms with van der Waals surface area (Å²) in [6, 6.07) is 4.29. The molecule has 7 nitrogen and oxygen atoms in total. The predicted molar refractivity (Wildman–Crippen MR) is 89.6 cm³/mol. The molecule has 0 saturated carbocycles. The molecule has 0 amide bonds. The predicted octanol–water partition coefficient (Wildman–Crippen LogP) is 2.28. The lowest BCUT2D eigenvalue weighted by molar-refractivity contribution is -0.385. The van der Waals surface area contributed by atoms with Gasteiger partial charge >= 0.3 is 0 Å². The molecule has 1 aliphatic rings. The van der Waals surface area contributed by atoms with Gasteiger partial charge in [0.15, 0.2) is 9.84 Å². The van der Waals surface area contributed by atoms with Crippen molar-refractivity contribution in [1.82, 2.24) is 4.90 Å². The van der Waals surface area contributed by atoms with Gasteiger partial charge in [0, 0.05) is 31.0 Å². The Morgan fingerprint density at radius 3 is 2.74 bits per heavy atom. The lowest BCUT2D eigenvalue weighted by atomic mass is 10.0. The lowest BCUT2D eigenvalue weighted by Gasteiger charge is -2.35. The van der Waals surface area contributed by atoms with E-state index in [1.54, 1.807) is 0 Å². The van der Waals surface area contributed by atoms with Crippen LogP contribution in [-0.4, -0.2) is 50.2 Å². The number of nitro benzene ring substituents is 1. The molecular weight excluding hydrogens is 318 g/mol.